The first kappa shape index (κ1) is 15.4. The Morgan fingerprint density at radius 3 is 2.68 bits per heavy atom. The molecule has 0 aliphatic rings. The fourth-order valence-electron chi connectivity index (χ4n) is 1.27. The summed E-state index contributed by atoms with van der Waals surface area (Å²) < 4.78 is 0. The Morgan fingerprint density at radius 2 is 2.16 bits per heavy atom. The number of aliphatic hydroxyl groups is 1. The van der Waals surface area contributed by atoms with E-state index in [0.29, 0.717) is 0 Å². The van der Waals surface area contributed by atoms with Crippen molar-refractivity contribution in [3.05, 3.63) is 38.9 Å². The average molecular weight is 287 g/mol. The SMILES string of the molecule is CC(C)(CO)CNC(=O)c1cc([N+](=O)[O-])ccc1Cl. The van der Waals surface area contributed by atoms with Crippen LogP contribution in [0.2, 0.25) is 5.02 Å². The standard InChI is InChI=1S/C12H15ClN2O4/c1-12(2,7-16)6-14-11(17)9-5-8(15(18)19)3-4-10(9)13/h3-5,16H,6-7H2,1-2H3,(H,14,17). The van der Waals surface area contributed by atoms with Gasteiger partial charge in [-0.05, 0) is 6.07 Å². The summed E-state index contributed by atoms with van der Waals surface area (Å²) in [4.78, 5) is 22.0. The molecule has 0 bridgehead atoms. The lowest BCUT2D eigenvalue weighted by Crippen LogP contribution is -2.36. The predicted octanol–water partition coefficient (Wildman–Crippen LogP) is 2.00. The van der Waals surface area contributed by atoms with Crippen LogP contribution in [0.25, 0.3) is 0 Å². The van der Waals surface area contributed by atoms with Gasteiger partial charge in [-0.15, -0.1) is 0 Å². The molecular formula is C12H15ClN2O4. The molecule has 104 valence electrons. The largest absolute Gasteiger partial charge is 0.396 e. The number of nitrogens with zero attached hydrogens (tertiary/aromatic N) is 1. The Bertz CT molecular complexity index is 503. The fraction of sp³-hybridized carbons (Fsp3) is 0.417. The van der Waals surface area contributed by atoms with Crippen LogP contribution in [0.4, 0.5) is 5.69 Å². The molecule has 0 saturated carbocycles. The van der Waals surface area contributed by atoms with E-state index in [1.807, 2.05) is 0 Å². The number of carbonyl (C=O) groups excluding carboxylic acids is 1. The van der Waals surface area contributed by atoms with Crippen LogP contribution in [0, 0.1) is 15.5 Å². The molecule has 0 fully saturated rings. The van der Waals surface area contributed by atoms with E-state index in [4.69, 9.17) is 16.7 Å². The second-order valence-corrected chi connectivity index (χ2v) is 5.33. The average Bonchev–Trinajstić information content (AvgIpc) is 2.36. The highest BCUT2D eigenvalue weighted by molar-refractivity contribution is 6.33. The van der Waals surface area contributed by atoms with Gasteiger partial charge in [0, 0.05) is 30.7 Å². The maximum Gasteiger partial charge on any atom is 0.270 e. The summed E-state index contributed by atoms with van der Waals surface area (Å²) in [5, 5.41) is 22.5. The quantitative estimate of drug-likeness (QED) is 0.639. The maximum atomic E-state index is 11.9. The number of halogens is 1. The van der Waals surface area contributed by atoms with Crippen molar-refractivity contribution in [3.63, 3.8) is 0 Å². The molecule has 1 amide bonds. The summed E-state index contributed by atoms with van der Waals surface area (Å²) >= 11 is 5.85. The van der Waals surface area contributed by atoms with Gasteiger partial charge in [0.25, 0.3) is 11.6 Å². The number of nitro groups is 1. The molecule has 2 N–H and O–H groups in total. The summed E-state index contributed by atoms with van der Waals surface area (Å²) in [6.45, 7) is 3.71. The molecule has 0 atom stereocenters. The molecule has 19 heavy (non-hydrogen) atoms. The van der Waals surface area contributed by atoms with Gasteiger partial charge in [-0.25, -0.2) is 0 Å². The van der Waals surface area contributed by atoms with E-state index in [1.165, 1.54) is 12.1 Å². The lowest BCUT2D eigenvalue weighted by molar-refractivity contribution is -0.384. The normalized spacial score (nSPS) is 11.2. The Balaban J connectivity index is 2.88. The van der Waals surface area contributed by atoms with Crippen molar-refractivity contribution in [1.29, 1.82) is 0 Å². The van der Waals surface area contributed by atoms with Gasteiger partial charge in [0.1, 0.15) is 0 Å². The third-order valence-electron chi connectivity index (χ3n) is 2.56. The lowest BCUT2D eigenvalue weighted by Gasteiger charge is -2.21. The highest BCUT2D eigenvalue weighted by Gasteiger charge is 2.20. The van der Waals surface area contributed by atoms with E-state index in [9.17, 15) is 14.9 Å². The summed E-state index contributed by atoms with van der Waals surface area (Å²) in [7, 11) is 0. The zero-order valence-corrected chi connectivity index (χ0v) is 11.4. The van der Waals surface area contributed by atoms with Crippen molar-refractivity contribution in [2.45, 2.75) is 13.8 Å². The highest BCUT2D eigenvalue weighted by Crippen LogP contribution is 2.22. The van der Waals surface area contributed by atoms with E-state index in [0.717, 1.165) is 6.07 Å². The van der Waals surface area contributed by atoms with Crippen LogP contribution < -0.4 is 5.32 Å². The van der Waals surface area contributed by atoms with E-state index in [-0.39, 0.29) is 29.4 Å². The first-order valence-corrected chi connectivity index (χ1v) is 5.97. The van der Waals surface area contributed by atoms with Gasteiger partial charge in [-0.3, -0.25) is 14.9 Å². The van der Waals surface area contributed by atoms with Crippen molar-refractivity contribution in [2.24, 2.45) is 5.41 Å². The number of aliphatic hydroxyl groups excluding tert-OH is 1. The molecule has 0 aliphatic carbocycles. The molecule has 0 aliphatic heterocycles. The van der Waals surface area contributed by atoms with Crippen molar-refractivity contribution in [3.8, 4) is 0 Å². The van der Waals surface area contributed by atoms with Crippen molar-refractivity contribution < 1.29 is 14.8 Å². The van der Waals surface area contributed by atoms with Gasteiger partial charge < -0.3 is 10.4 Å². The summed E-state index contributed by atoms with van der Waals surface area (Å²) in [6.07, 6.45) is 0. The molecule has 0 heterocycles. The molecule has 0 saturated heterocycles. The third kappa shape index (κ3) is 4.18. The zero-order chi connectivity index (χ0) is 14.6. The minimum Gasteiger partial charge on any atom is -0.396 e. The fourth-order valence-corrected chi connectivity index (χ4v) is 1.47. The number of rotatable bonds is 5. The Labute approximate surface area is 115 Å². The van der Waals surface area contributed by atoms with Crippen molar-refractivity contribution >= 4 is 23.2 Å². The summed E-state index contributed by atoms with van der Waals surface area (Å²) in [5.41, 5.74) is -0.622. The highest BCUT2D eigenvalue weighted by atomic mass is 35.5. The predicted molar refractivity (Wildman–Crippen MR) is 71.3 cm³/mol. The smallest absolute Gasteiger partial charge is 0.270 e. The topological polar surface area (TPSA) is 92.5 Å². The van der Waals surface area contributed by atoms with Crippen LogP contribution in [0.1, 0.15) is 24.2 Å². The van der Waals surface area contributed by atoms with Crippen LogP contribution in [-0.2, 0) is 0 Å². The molecule has 6 nitrogen and oxygen atoms in total. The van der Waals surface area contributed by atoms with Crippen molar-refractivity contribution in [2.75, 3.05) is 13.2 Å². The number of non-ortho nitro benzene ring substituents is 1. The number of nitrogens with one attached hydrogen (secondary N) is 1. The number of hydrogen-bond acceptors (Lipinski definition) is 4. The van der Waals surface area contributed by atoms with Gasteiger partial charge >= 0.3 is 0 Å². The van der Waals surface area contributed by atoms with Crippen LogP contribution >= 0.6 is 11.6 Å². The molecule has 0 unspecified atom stereocenters. The number of carbonyl (C=O) groups is 1. The van der Waals surface area contributed by atoms with Gasteiger partial charge in [0.15, 0.2) is 0 Å². The summed E-state index contributed by atoms with van der Waals surface area (Å²) in [6, 6.07) is 3.67. The Hall–Kier alpha value is -1.66. The monoisotopic (exact) mass is 286 g/mol. The Kier molecular flexibility index (Phi) is 4.85. The molecular weight excluding hydrogens is 272 g/mol. The first-order chi connectivity index (χ1) is 8.76. The molecule has 1 aromatic carbocycles. The van der Waals surface area contributed by atoms with E-state index in [1.54, 1.807) is 13.8 Å². The van der Waals surface area contributed by atoms with Gasteiger partial charge in [0.05, 0.1) is 15.5 Å². The second kappa shape index (κ2) is 5.99. The number of amides is 1. The third-order valence-corrected chi connectivity index (χ3v) is 2.89. The molecule has 1 aromatic rings. The molecule has 1 rings (SSSR count). The van der Waals surface area contributed by atoms with E-state index in [2.05, 4.69) is 5.32 Å². The number of nitro benzene ring substituents is 1. The minimum atomic E-state index is -0.592. The van der Waals surface area contributed by atoms with Gasteiger partial charge in [-0.2, -0.15) is 0 Å². The van der Waals surface area contributed by atoms with Crippen LogP contribution in [0.3, 0.4) is 0 Å². The van der Waals surface area contributed by atoms with Crippen LogP contribution in [-0.4, -0.2) is 29.1 Å². The van der Waals surface area contributed by atoms with Crippen LogP contribution in [0.5, 0.6) is 0 Å². The molecule has 0 aromatic heterocycles. The number of benzene rings is 1. The Morgan fingerprint density at radius 1 is 1.53 bits per heavy atom. The lowest BCUT2D eigenvalue weighted by atomic mass is 9.95. The minimum absolute atomic E-state index is 0.0459. The maximum absolute atomic E-state index is 11.9. The number of hydrogen-bond donors (Lipinski definition) is 2. The summed E-state index contributed by atoms with van der Waals surface area (Å²) in [5.74, 6) is -0.504. The van der Waals surface area contributed by atoms with E-state index >= 15 is 0 Å². The molecule has 7 heteroatoms. The van der Waals surface area contributed by atoms with Gasteiger partial charge in [-0.1, -0.05) is 25.4 Å². The first-order valence-electron chi connectivity index (χ1n) is 5.60. The van der Waals surface area contributed by atoms with Crippen LogP contribution in [0.15, 0.2) is 18.2 Å². The second-order valence-electron chi connectivity index (χ2n) is 4.93. The van der Waals surface area contributed by atoms with Gasteiger partial charge in [0.2, 0.25) is 0 Å². The zero-order valence-electron chi connectivity index (χ0n) is 10.6. The molecule has 0 radical (unpaired) electrons. The van der Waals surface area contributed by atoms with E-state index < -0.39 is 16.2 Å². The van der Waals surface area contributed by atoms with Crippen molar-refractivity contribution in [1.82, 2.24) is 5.32 Å². The molecule has 0 spiro atoms.